The highest BCUT2D eigenvalue weighted by Crippen LogP contribution is 2.22. The number of amides is 1. The zero-order valence-electron chi connectivity index (χ0n) is 11.1. The van der Waals surface area contributed by atoms with E-state index in [1.165, 1.54) is 6.07 Å². The van der Waals surface area contributed by atoms with Crippen molar-refractivity contribution in [3.63, 3.8) is 0 Å². The topological polar surface area (TPSA) is 62.4 Å². The normalized spacial score (nSPS) is 17.3. The Morgan fingerprint density at radius 3 is 2.81 bits per heavy atom. The minimum atomic E-state index is -0.352. The van der Waals surface area contributed by atoms with Crippen molar-refractivity contribution in [2.45, 2.75) is 18.9 Å². The number of hydrogen-bond donors (Lipinski definition) is 3. The lowest BCUT2D eigenvalue weighted by molar-refractivity contribution is 0.0943. The molecule has 1 aliphatic rings. The second kappa shape index (κ2) is 7.79. The first-order chi connectivity index (χ1) is 10.1. The van der Waals surface area contributed by atoms with E-state index in [0.717, 1.165) is 19.4 Å². The van der Waals surface area contributed by atoms with Gasteiger partial charge in [-0.15, -0.1) is 0 Å². The number of hydrogen-bond acceptors (Lipinski definition) is 3. The molecular formula is C13H15Cl2N3O2S. The summed E-state index contributed by atoms with van der Waals surface area (Å²) in [4.78, 5) is 11.9. The second-order valence-electron chi connectivity index (χ2n) is 4.55. The predicted octanol–water partition coefficient (Wildman–Crippen LogP) is 2.28. The molecule has 0 aliphatic carbocycles. The zero-order valence-corrected chi connectivity index (χ0v) is 13.4. The Balaban J connectivity index is 1.74. The van der Waals surface area contributed by atoms with Gasteiger partial charge in [-0.05, 0) is 43.3 Å². The Labute approximate surface area is 138 Å². The fourth-order valence-corrected chi connectivity index (χ4v) is 2.31. The molecule has 1 aliphatic heterocycles. The minimum absolute atomic E-state index is 0.176. The minimum Gasteiger partial charge on any atom is -0.376 e. The van der Waals surface area contributed by atoms with E-state index in [4.69, 9.17) is 40.2 Å². The van der Waals surface area contributed by atoms with Crippen LogP contribution in [-0.4, -0.2) is 30.3 Å². The lowest BCUT2D eigenvalue weighted by atomic mass is 10.2. The number of ether oxygens (including phenoxy) is 1. The molecule has 0 saturated carbocycles. The van der Waals surface area contributed by atoms with E-state index in [-0.39, 0.29) is 12.0 Å². The summed E-state index contributed by atoms with van der Waals surface area (Å²) in [6.45, 7) is 1.41. The molecule has 5 nitrogen and oxygen atoms in total. The van der Waals surface area contributed by atoms with Crippen LogP contribution in [0.3, 0.4) is 0 Å². The SMILES string of the molecule is O=C(NNC(=S)NCC1CCCO1)c1ccc(Cl)c(Cl)c1. The van der Waals surface area contributed by atoms with Gasteiger partial charge >= 0.3 is 0 Å². The first-order valence-electron chi connectivity index (χ1n) is 6.47. The Hall–Kier alpha value is -1.08. The van der Waals surface area contributed by atoms with Crippen molar-refractivity contribution in [2.75, 3.05) is 13.2 Å². The largest absolute Gasteiger partial charge is 0.376 e. The average Bonchev–Trinajstić information content (AvgIpc) is 2.98. The fraction of sp³-hybridized carbons (Fsp3) is 0.385. The van der Waals surface area contributed by atoms with E-state index in [9.17, 15) is 4.79 Å². The summed E-state index contributed by atoms with van der Waals surface area (Å²) in [7, 11) is 0. The molecule has 0 aromatic heterocycles. The number of carbonyl (C=O) groups is 1. The summed E-state index contributed by atoms with van der Waals surface area (Å²) in [6.07, 6.45) is 2.27. The summed E-state index contributed by atoms with van der Waals surface area (Å²) >= 11 is 16.7. The van der Waals surface area contributed by atoms with Crippen molar-refractivity contribution in [2.24, 2.45) is 0 Å². The van der Waals surface area contributed by atoms with Gasteiger partial charge in [-0.1, -0.05) is 23.2 Å². The molecule has 8 heteroatoms. The van der Waals surface area contributed by atoms with Crippen molar-refractivity contribution in [1.82, 2.24) is 16.2 Å². The van der Waals surface area contributed by atoms with Crippen LogP contribution in [0.25, 0.3) is 0 Å². The molecule has 1 amide bonds. The molecule has 1 atom stereocenters. The number of thiocarbonyl (C=S) groups is 1. The van der Waals surface area contributed by atoms with Crippen molar-refractivity contribution in [1.29, 1.82) is 0 Å². The maximum Gasteiger partial charge on any atom is 0.269 e. The number of rotatable bonds is 3. The van der Waals surface area contributed by atoms with Crippen LogP contribution in [0.1, 0.15) is 23.2 Å². The molecule has 0 spiro atoms. The number of carbonyl (C=O) groups excluding carboxylic acids is 1. The van der Waals surface area contributed by atoms with Crippen molar-refractivity contribution in [3.8, 4) is 0 Å². The van der Waals surface area contributed by atoms with Gasteiger partial charge in [0, 0.05) is 18.7 Å². The van der Waals surface area contributed by atoms with E-state index in [1.807, 2.05) is 0 Å². The van der Waals surface area contributed by atoms with Crippen LogP contribution in [0.4, 0.5) is 0 Å². The van der Waals surface area contributed by atoms with Gasteiger partial charge in [0.1, 0.15) is 0 Å². The van der Waals surface area contributed by atoms with Crippen LogP contribution in [-0.2, 0) is 4.74 Å². The Bertz CT molecular complexity index is 536. The van der Waals surface area contributed by atoms with E-state index in [2.05, 4.69) is 16.2 Å². The van der Waals surface area contributed by atoms with Gasteiger partial charge in [0.25, 0.3) is 5.91 Å². The van der Waals surface area contributed by atoms with Gasteiger partial charge in [-0.2, -0.15) is 0 Å². The van der Waals surface area contributed by atoms with Gasteiger partial charge in [-0.3, -0.25) is 15.6 Å². The molecule has 1 fully saturated rings. The summed E-state index contributed by atoms with van der Waals surface area (Å²) in [5.74, 6) is -0.352. The van der Waals surface area contributed by atoms with Crippen LogP contribution in [0.5, 0.6) is 0 Å². The molecule has 3 N–H and O–H groups in total. The standard InChI is InChI=1S/C13H15Cl2N3O2S/c14-10-4-3-8(6-11(10)15)12(19)17-18-13(21)16-7-9-2-1-5-20-9/h3-4,6,9H,1-2,5,7H2,(H,17,19)(H2,16,18,21). The van der Waals surface area contributed by atoms with Gasteiger partial charge in [0.15, 0.2) is 5.11 Å². The van der Waals surface area contributed by atoms with Crippen LogP contribution in [0, 0.1) is 0 Å². The lowest BCUT2D eigenvalue weighted by Gasteiger charge is -2.14. The first-order valence-corrected chi connectivity index (χ1v) is 7.63. The highest BCUT2D eigenvalue weighted by atomic mass is 35.5. The Morgan fingerprint density at radius 2 is 2.14 bits per heavy atom. The summed E-state index contributed by atoms with van der Waals surface area (Å²) in [6, 6.07) is 4.63. The molecule has 1 heterocycles. The number of hydrazine groups is 1. The Morgan fingerprint density at radius 1 is 1.33 bits per heavy atom. The van der Waals surface area contributed by atoms with Gasteiger partial charge < -0.3 is 10.1 Å². The molecule has 21 heavy (non-hydrogen) atoms. The van der Waals surface area contributed by atoms with Crippen LogP contribution in [0.15, 0.2) is 18.2 Å². The molecule has 114 valence electrons. The van der Waals surface area contributed by atoms with Crippen molar-refractivity contribution >= 4 is 46.4 Å². The quantitative estimate of drug-likeness (QED) is 0.578. The third kappa shape index (κ3) is 5.00. The fourth-order valence-electron chi connectivity index (χ4n) is 1.88. The second-order valence-corrected chi connectivity index (χ2v) is 5.78. The van der Waals surface area contributed by atoms with Gasteiger partial charge in [0.2, 0.25) is 0 Å². The smallest absolute Gasteiger partial charge is 0.269 e. The summed E-state index contributed by atoms with van der Waals surface area (Å²) in [5.41, 5.74) is 5.50. The van der Waals surface area contributed by atoms with E-state index < -0.39 is 0 Å². The monoisotopic (exact) mass is 347 g/mol. The van der Waals surface area contributed by atoms with Crippen LogP contribution >= 0.6 is 35.4 Å². The van der Waals surface area contributed by atoms with Crippen LogP contribution < -0.4 is 16.2 Å². The lowest BCUT2D eigenvalue weighted by Crippen LogP contribution is -2.48. The zero-order chi connectivity index (χ0) is 15.2. The van der Waals surface area contributed by atoms with E-state index >= 15 is 0 Å². The van der Waals surface area contributed by atoms with E-state index in [1.54, 1.807) is 12.1 Å². The summed E-state index contributed by atoms with van der Waals surface area (Å²) in [5, 5.41) is 4.04. The number of benzene rings is 1. The maximum atomic E-state index is 11.9. The molecule has 0 radical (unpaired) electrons. The summed E-state index contributed by atoms with van der Waals surface area (Å²) < 4.78 is 5.46. The molecule has 1 aromatic rings. The number of halogens is 2. The highest BCUT2D eigenvalue weighted by molar-refractivity contribution is 7.80. The third-order valence-electron chi connectivity index (χ3n) is 2.99. The number of nitrogens with one attached hydrogen (secondary N) is 3. The van der Waals surface area contributed by atoms with Crippen LogP contribution in [0.2, 0.25) is 10.0 Å². The third-order valence-corrected chi connectivity index (χ3v) is 3.97. The van der Waals surface area contributed by atoms with Crippen molar-refractivity contribution < 1.29 is 9.53 Å². The first kappa shape index (κ1) is 16.3. The maximum absolute atomic E-state index is 11.9. The molecule has 1 unspecified atom stereocenters. The van der Waals surface area contributed by atoms with Crippen molar-refractivity contribution in [3.05, 3.63) is 33.8 Å². The van der Waals surface area contributed by atoms with Gasteiger partial charge in [0.05, 0.1) is 16.1 Å². The Kier molecular flexibility index (Phi) is 6.05. The molecule has 1 saturated heterocycles. The molecule has 0 bridgehead atoms. The molecule has 2 rings (SSSR count). The highest BCUT2D eigenvalue weighted by Gasteiger charge is 2.15. The molecular weight excluding hydrogens is 333 g/mol. The average molecular weight is 348 g/mol. The predicted molar refractivity (Wildman–Crippen MR) is 86.6 cm³/mol. The van der Waals surface area contributed by atoms with Gasteiger partial charge in [-0.25, -0.2) is 0 Å². The molecule has 1 aromatic carbocycles. The van der Waals surface area contributed by atoms with E-state index in [0.29, 0.717) is 27.3 Å².